The van der Waals surface area contributed by atoms with Crippen LogP contribution >= 0.6 is 0 Å². The summed E-state index contributed by atoms with van der Waals surface area (Å²) < 4.78 is 28.4. The van der Waals surface area contributed by atoms with E-state index in [1.54, 1.807) is 26.8 Å². The summed E-state index contributed by atoms with van der Waals surface area (Å²) in [7, 11) is -3.67. The van der Waals surface area contributed by atoms with Gasteiger partial charge >= 0.3 is 0 Å². The Balaban J connectivity index is 2.89. The van der Waals surface area contributed by atoms with Gasteiger partial charge in [-0.1, -0.05) is 0 Å². The van der Waals surface area contributed by atoms with E-state index in [2.05, 4.69) is 19.9 Å². The molecule has 0 unspecified atom stereocenters. The highest BCUT2D eigenvalue weighted by Crippen LogP contribution is 2.20. The first-order valence-corrected chi connectivity index (χ1v) is 7.73. The van der Waals surface area contributed by atoms with Crippen molar-refractivity contribution in [1.82, 2.24) is 4.72 Å². The predicted molar refractivity (Wildman–Crippen MR) is 84.2 cm³/mol. The summed E-state index contributed by atoms with van der Waals surface area (Å²) in [4.78, 5) is 10.2. The number of guanidine groups is 1. The minimum Gasteiger partial charge on any atom is -0.364 e. The molecule has 10 nitrogen and oxygen atoms in total. The molecule has 0 aliphatic carbocycles. The average molecular weight is 330 g/mol. The molecule has 0 saturated heterocycles. The van der Waals surface area contributed by atoms with Gasteiger partial charge in [0.05, 0.1) is 5.69 Å². The van der Waals surface area contributed by atoms with Gasteiger partial charge in [0.1, 0.15) is 5.10 Å². The molecule has 11 heteroatoms. The molecule has 0 aromatic heterocycles. The van der Waals surface area contributed by atoms with Gasteiger partial charge in [-0.15, -0.1) is 0 Å². The van der Waals surface area contributed by atoms with Crippen LogP contribution in [-0.2, 0) is 10.2 Å². The molecule has 0 aliphatic heterocycles. The van der Waals surface area contributed by atoms with Gasteiger partial charge in [-0.05, 0) is 44.5 Å². The Morgan fingerprint density at radius 2 is 2.05 bits per heavy atom. The van der Waals surface area contributed by atoms with Crippen molar-refractivity contribution in [3.8, 4) is 0 Å². The standard InChI is InChI=1S/C11H18N6O4S/c1-7(2)15-22(20,21)16-10-5-4-9(6-8(10)3)13-11(12)14-17(18)19/h4-7,15-16H,1-3H3,(H3,12,13,14). The molecular formula is C11H18N6O4S. The highest BCUT2D eigenvalue weighted by atomic mass is 32.2. The van der Waals surface area contributed by atoms with Crippen LogP contribution < -0.4 is 20.5 Å². The van der Waals surface area contributed by atoms with Gasteiger partial charge in [-0.2, -0.15) is 13.1 Å². The van der Waals surface area contributed by atoms with Crippen LogP contribution in [0.1, 0.15) is 19.4 Å². The highest BCUT2D eigenvalue weighted by Gasteiger charge is 2.13. The molecule has 1 rings (SSSR count). The Morgan fingerprint density at radius 1 is 1.41 bits per heavy atom. The van der Waals surface area contributed by atoms with Crippen LogP contribution in [0.4, 0.5) is 11.4 Å². The third-order valence-electron chi connectivity index (χ3n) is 2.32. The molecule has 0 atom stereocenters. The highest BCUT2D eigenvalue weighted by molar-refractivity contribution is 7.90. The Labute approximate surface area is 128 Å². The molecule has 1 aromatic rings. The third-order valence-corrected chi connectivity index (χ3v) is 3.59. The van der Waals surface area contributed by atoms with Crippen molar-refractivity contribution in [3.05, 3.63) is 33.9 Å². The smallest absolute Gasteiger partial charge is 0.299 e. The van der Waals surface area contributed by atoms with Crippen molar-refractivity contribution in [2.45, 2.75) is 26.8 Å². The molecule has 22 heavy (non-hydrogen) atoms. The monoisotopic (exact) mass is 330 g/mol. The van der Waals surface area contributed by atoms with Crippen LogP contribution in [0.15, 0.2) is 23.3 Å². The number of nitro groups is 1. The van der Waals surface area contributed by atoms with Gasteiger partial charge in [0.15, 0.2) is 5.03 Å². The van der Waals surface area contributed by atoms with Gasteiger partial charge in [0, 0.05) is 11.7 Å². The number of nitrogens with zero attached hydrogens (tertiary/aromatic N) is 2. The summed E-state index contributed by atoms with van der Waals surface area (Å²) in [6.07, 6.45) is 0. The third kappa shape index (κ3) is 5.93. The zero-order chi connectivity index (χ0) is 16.9. The maximum absolute atomic E-state index is 11.8. The zero-order valence-electron chi connectivity index (χ0n) is 12.3. The van der Waals surface area contributed by atoms with E-state index < -0.39 is 15.2 Å². The largest absolute Gasteiger partial charge is 0.364 e. The van der Waals surface area contributed by atoms with Crippen molar-refractivity contribution in [2.75, 3.05) is 10.0 Å². The van der Waals surface area contributed by atoms with E-state index in [-0.39, 0.29) is 12.0 Å². The second kappa shape index (κ2) is 7.04. The number of rotatable bonds is 6. The summed E-state index contributed by atoms with van der Waals surface area (Å²) >= 11 is 0. The van der Waals surface area contributed by atoms with Crippen molar-refractivity contribution < 1.29 is 13.5 Å². The van der Waals surface area contributed by atoms with E-state index in [9.17, 15) is 18.5 Å². The lowest BCUT2D eigenvalue weighted by atomic mass is 10.2. The van der Waals surface area contributed by atoms with Gasteiger partial charge in [0.2, 0.25) is 0 Å². The number of nitrogens with two attached hydrogens (primary N) is 1. The fourth-order valence-electron chi connectivity index (χ4n) is 1.60. The summed E-state index contributed by atoms with van der Waals surface area (Å²) in [5.41, 5.74) is 6.75. The van der Waals surface area contributed by atoms with Crippen LogP contribution in [0, 0.1) is 17.0 Å². The minimum atomic E-state index is -3.67. The van der Waals surface area contributed by atoms with Crippen LogP contribution in [0.25, 0.3) is 0 Å². The lowest BCUT2D eigenvalue weighted by Crippen LogP contribution is -2.35. The lowest BCUT2D eigenvalue weighted by Gasteiger charge is -2.14. The molecule has 0 bridgehead atoms. The molecule has 0 heterocycles. The second-order valence-corrected chi connectivity index (χ2v) is 6.20. The number of hydrazone groups is 1. The van der Waals surface area contributed by atoms with Gasteiger partial charge in [-0.25, -0.2) is 10.1 Å². The fourth-order valence-corrected chi connectivity index (χ4v) is 2.80. The Morgan fingerprint density at radius 3 is 2.55 bits per heavy atom. The topological polar surface area (TPSA) is 152 Å². The molecule has 0 amide bonds. The molecule has 1 aromatic carbocycles. The van der Waals surface area contributed by atoms with Crippen LogP contribution in [0.5, 0.6) is 0 Å². The van der Waals surface area contributed by atoms with E-state index in [1.807, 2.05) is 0 Å². The van der Waals surface area contributed by atoms with Gasteiger partial charge < -0.3 is 11.1 Å². The summed E-state index contributed by atoms with van der Waals surface area (Å²) in [6, 6.07) is 4.37. The van der Waals surface area contributed by atoms with Crippen LogP contribution in [0.3, 0.4) is 0 Å². The SMILES string of the molecule is Cc1cc(N/C(N)=N/[N+](=O)[O-])ccc1NS(=O)(=O)NC(C)C. The first-order chi connectivity index (χ1) is 10.1. The Bertz CT molecular complexity index is 686. The van der Waals surface area contributed by atoms with E-state index in [0.29, 0.717) is 16.9 Å². The number of hydrogen-bond acceptors (Lipinski definition) is 4. The maximum Gasteiger partial charge on any atom is 0.299 e. The van der Waals surface area contributed by atoms with E-state index in [0.717, 1.165) is 0 Å². The summed E-state index contributed by atoms with van der Waals surface area (Å²) in [5, 5.41) is 14.7. The van der Waals surface area contributed by atoms with Crippen molar-refractivity contribution >= 4 is 27.5 Å². The number of anilines is 2. The summed E-state index contributed by atoms with van der Waals surface area (Å²) in [5.74, 6) is -0.376. The Hall–Kier alpha value is -2.40. The molecule has 0 spiro atoms. The minimum absolute atomic E-state index is 0.239. The van der Waals surface area contributed by atoms with Crippen LogP contribution in [-0.4, -0.2) is 25.5 Å². The number of nitrogens with one attached hydrogen (secondary N) is 3. The van der Waals surface area contributed by atoms with Crippen molar-refractivity contribution in [1.29, 1.82) is 0 Å². The fraction of sp³-hybridized carbons (Fsp3) is 0.364. The molecule has 0 aliphatic rings. The zero-order valence-corrected chi connectivity index (χ0v) is 13.1. The molecule has 122 valence electrons. The molecule has 0 saturated carbocycles. The van der Waals surface area contributed by atoms with Crippen molar-refractivity contribution in [3.63, 3.8) is 0 Å². The first-order valence-electron chi connectivity index (χ1n) is 6.25. The van der Waals surface area contributed by atoms with E-state index >= 15 is 0 Å². The second-order valence-electron chi connectivity index (χ2n) is 4.76. The predicted octanol–water partition coefficient (Wildman–Crippen LogP) is 0.568. The number of hydrogen-bond donors (Lipinski definition) is 4. The summed E-state index contributed by atoms with van der Waals surface area (Å²) in [6.45, 7) is 5.09. The quantitative estimate of drug-likeness (QED) is 0.259. The van der Waals surface area contributed by atoms with Crippen LogP contribution in [0.2, 0.25) is 0 Å². The maximum atomic E-state index is 11.8. The molecule has 0 fully saturated rings. The number of benzene rings is 1. The molecular weight excluding hydrogens is 312 g/mol. The lowest BCUT2D eigenvalue weighted by molar-refractivity contribution is -0.485. The first kappa shape index (κ1) is 17.7. The van der Waals surface area contributed by atoms with Crippen molar-refractivity contribution in [2.24, 2.45) is 10.8 Å². The average Bonchev–Trinajstić information content (AvgIpc) is 2.29. The number of aryl methyl sites for hydroxylation is 1. The molecule has 5 N–H and O–H groups in total. The normalized spacial score (nSPS) is 12.3. The van der Waals surface area contributed by atoms with Gasteiger partial charge in [0.25, 0.3) is 16.2 Å². The Kier molecular flexibility index (Phi) is 5.65. The van der Waals surface area contributed by atoms with E-state index in [4.69, 9.17) is 5.73 Å². The van der Waals surface area contributed by atoms with E-state index in [1.165, 1.54) is 12.1 Å². The molecule has 0 radical (unpaired) electrons. The van der Waals surface area contributed by atoms with Gasteiger partial charge in [-0.3, -0.25) is 4.72 Å².